The molecule has 0 N–H and O–H groups in total. The maximum Gasteiger partial charge on any atom is 0.253 e. The average Bonchev–Trinajstić information content (AvgIpc) is 2.56. The number of rotatable bonds is 1. The summed E-state index contributed by atoms with van der Waals surface area (Å²) >= 11 is 0. The molecule has 2 unspecified atom stereocenters. The Morgan fingerprint density at radius 1 is 1.18 bits per heavy atom. The second-order valence-corrected chi connectivity index (χ2v) is 6.81. The van der Waals surface area contributed by atoms with Crippen LogP contribution in [0.1, 0.15) is 36.0 Å². The third kappa shape index (κ3) is 2.28. The molecule has 1 aromatic rings. The summed E-state index contributed by atoms with van der Waals surface area (Å²) in [4.78, 5) is 32.9. The quantitative estimate of drug-likeness (QED) is 0.790. The molecule has 0 aromatic carbocycles. The van der Waals surface area contributed by atoms with E-state index in [4.69, 9.17) is 0 Å². The highest BCUT2D eigenvalue weighted by atomic mass is 16.2. The topological polar surface area (TPSA) is 53.5 Å². The molecule has 116 valence electrons. The molecule has 0 radical (unpaired) electrons. The number of carbonyl (C=O) groups is 2. The summed E-state index contributed by atoms with van der Waals surface area (Å²) in [6, 6.07) is 3.91. The molecule has 3 atom stereocenters. The van der Waals surface area contributed by atoms with E-state index in [1.54, 1.807) is 24.5 Å². The van der Waals surface area contributed by atoms with Crippen LogP contribution >= 0.6 is 0 Å². The first-order chi connectivity index (χ1) is 10.7. The van der Waals surface area contributed by atoms with Crippen LogP contribution in [0.25, 0.3) is 0 Å². The summed E-state index contributed by atoms with van der Waals surface area (Å²) < 4.78 is 0. The van der Waals surface area contributed by atoms with Crippen molar-refractivity contribution in [3.63, 3.8) is 0 Å². The summed E-state index contributed by atoms with van der Waals surface area (Å²) in [6.07, 6.45) is 7.29. The fourth-order valence-corrected chi connectivity index (χ4v) is 4.45. The van der Waals surface area contributed by atoms with Crippen LogP contribution in [0.2, 0.25) is 0 Å². The highest BCUT2D eigenvalue weighted by Gasteiger charge is 2.44. The molecule has 0 saturated carbocycles. The predicted molar refractivity (Wildman–Crippen MR) is 81.1 cm³/mol. The molecule has 5 nitrogen and oxygen atoms in total. The smallest absolute Gasteiger partial charge is 0.253 e. The Labute approximate surface area is 130 Å². The van der Waals surface area contributed by atoms with Crippen LogP contribution in [0.15, 0.2) is 24.5 Å². The highest BCUT2D eigenvalue weighted by molar-refractivity contribution is 5.94. The van der Waals surface area contributed by atoms with Gasteiger partial charge in [0.1, 0.15) is 0 Å². The number of fused-ring (bicyclic) bond motifs is 4. The predicted octanol–water partition coefficient (Wildman–Crippen LogP) is 1.55. The zero-order valence-corrected chi connectivity index (χ0v) is 12.6. The van der Waals surface area contributed by atoms with E-state index in [-0.39, 0.29) is 5.91 Å². The Kier molecular flexibility index (Phi) is 3.36. The van der Waals surface area contributed by atoms with Gasteiger partial charge in [-0.3, -0.25) is 14.6 Å². The fraction of sp³-hybridized carbons (Fsp3) is 0.588. The lowest BCUT2D eigenvalue weighted by Crippen LogP contribution is -2.61. The van der Waals surface area contributed by atoms with E-state index in [1.807, 2.05) is 4.90 Å². The van der Waals surface area contributed by atoms with Gasteiger partial charge in [0, 0.05) is 50.1 Å². The molecule has 3 fully saturated rings. The number of hydrogen-bond donors (Lipinski definition) is 0. The van der Waals surface area contributed by atoms with E-state index >= 15 is 0 Å². The summed E-state index contributed by atoms with van der Waals surface area (Å²) in [5.74, 6) is 1.30. The van der Waals surface area contributed by atoms with Crippen LogP contribution in [0.3, 0.4) is 0 Å². The lowest BCUT2D eigenvalue weighted by molar-refractivity contribution is -0.144. The van der Waals surface area contributed by atoms with Crippen molar-refractivity contribution in [1.82, 2.24) is 14.8 Å². The molecule has 0 aliphatic carbocycles. The number of aromatic nitrogens is 1. The van der Waals surface area contributed by atoms with Crippen molar-refractivity contribution in [2.24, 2.45) is 11.8 Å². The molecule has 2 bridgehead atoms. The Morgan fingerprint density at radius 3 is 2.82 bits per heavy atom. The van der Waals surface area contributed by atoms with Crippen molar-refractivity contribution in [2.45, 2.75) is 31.7 Å². The maximum atomic E-state index is 12.7. The second kappa shape index (κ2) is 5.38. The van der Waals surface area contributed by atoms with Crippen LogP contribution in [-0.2, 0) is 4.79 Å². The highest BCUT2D eigenvalue weighted by Crippen LogP contribution is 2.38. The minimum absolute atomic E-state index is 0.104. The zero-order valence-electron chi connectivity index (χ0n) is 12.6. The van der Waals surface area contributed by atoms with Gasteiger partial charge in [0.05, 0.1) is 0 Å². The first kappa shape index (κ1) is 13.7. The van der Waals surface area contributed by atoms with Gasteiger partial charge in [-0.2, -0.15) is 0 Å². The van der Waals surface area contributed by atoms with Gasteiger partial charge in [0.15, 0.2) is 0 Å². The van der Waals surface area contributed by atoms with Crippen molar-refractivity contribution in [1.29, 1.82) is 0 Å². The molecule has 3 aliphatic rings. The van der Waals surface area contributed by atoms with Crippen molar-refractivity contribution in [3.05, 3.63) is 30.1 Å². The van der Waals surface area contributed by atoms with Crippen LogP contribution in [0.5, 0.6) is 0 Å². The second-order valence-electron chi connectivity index (χ2n) is 6.81. The lowest BCUT2D eigenvalue weighted by atomic mass is 9.76. The first-order valence-corrected chi connectivity index (χ1v) is 8.21. The van der Waals surface area contributed by atoms with Crippen LogP contribution in [0, 0.1) is 11.8 Å². The van der Waals surface area contributed by atoms with Crippen LogP contribution in [0.4, 0.5) is 0 Å². The molecule has 4 heterocycles. The Hall–Kier alpha value is -1.91. The van der Waals surface area contributed by atoms with Gasteiger partial charge in [-0.1, -0.05) is 0 Å². The van der Waals surface area contributed by atoms with Gasteiger partial charge in [-0.15, -0.1) is 0 Å². The third-order valence-electron chi connectivity index (χ3n) is 5.39. The largest absolute Gasteiger partial charge is 0.339 e. The standard InChI is InChI=1S/C17H21N3O2/c21-16-3-1-2-15-14-8-12(10-20(15)16)9-19(11-14)17(22)13-4-6-18-7-5-13/h4-7,12,14-15H,1-3,8-11H2/t12?,14?,15-/m1/s1. The minimum atomic E-state index is 0.104. The van der Waals surface area contributed by atoms with E-state index in [1.165, 1.54) is 0 Å². The van der Waals surface area contributed by atoms with Crippen molar-refractivity contribution in [3.8, 4) is 0 Å². The maximum absolute atomic E-state index is 12.7. The monoisotopic (exact) mass is 299 g/mol. The van der Waals surface area contributed by atoms with Gasteiger partial charge < -0.3 is 9.80 Å². The van der Waals surface area contributed by atoms with E-state index in [9.17, 15) is 9.59 Å². The van der Waals surface area contributed by atoms with E-state index < -0.39 is 0 Å². The third-order valence-corrected chi connectivity index (χ3v) is 5.39. The Bertz CT molecular complexity index is 589. The Balaban J connectivity index is 1.53. The lowest BCUT2D eigenvalue weighted by Gasteiger charge is -2.52. The van der Waals surface area contributed by atoms with E-state index in [0.29, 0.717) is 35.8 Å². The minimum Gasteiger partial charge on any atom is -0.339 e. The normalized spacial score (nSPS) is 30.9. The van der Waals surface area contributed by atoms with Gasteiger partial charge in [0.2, 0.25) is 5.91 Å². The number of carbonyl (C=O) groups excluding carboxylic acids is 2. The SMILES string of the molecule is O=C(c1ccncc1)N1CC2CC(C1)[C@H]1CCCC(=O)N1C2. The molecule has 3 aliphatic heterocycles. The first-order valence-electron chi connectivity index (χ1n) is 8.21. The number of likely N-dealkylation sites (tertiary alicyclic amines) is 1. The molecule has 3 saturated heterocycles. The molecule has 5 heteroatoms. The average molecular weight is 299 g/mol. The number of piperidine rings is 3. The molecular weight excluding hydrogens is 278 g/mol. The van der Waals surface area contributed by atoms with Gasteiger partial charge in [-0.05, 0) is 43.2 Å². The van der Waals surface area contributed by atoms with E-state index in [0.717, 1.165) is 38.9 Å². The van der Waals surface area contributed by atoms with E-state index in [2.05, 4.69) is 9.88 Å². The van der Waals surface area contributed by atoms with Gasteiger partial charge in [-0.25, -0.2) is 0 Å². The molecule has 0 spiro atoms. The molecular formula is C17H21N3O2. The van der Waals surface area contributed by atoms with Crippen LogP contribution in [-0.4, -0.2) is 52.3 Å². The summed E-state index contributed by atoms with van der Waals surface area (Å²) in [6.45, 7) is 2.39. The zero-order chi connectivity index (χ0) is 15.1. The number of nitrogens with zero attached hydrogens (tertiary/aromatic N) is 3. The fourth-order valence-electron chi connectivity index (χ4n) is 4.45. The van der Waals surface area contributed by atoms with Crippen molar-refractivity contribution < 1.29 is 9.59 Å². The van der Waals surface area contributed by atoms with Crippen molar-refractivity contribution >= 4 is 11.8 Å². The van der Waals surface area contributed by atoms with Crippen molar-refractivity contribution in [2.75, 3.05) is 19.6 Å². The van der Waals surface area contributed by atoms with Gasteiger partial charge in [0.25, 0.3) is 5.91 Å². The molecule has 2 amide bonds. The molecule has 22 heavy (non-hydrogen) atoms. The summed E-state index contributed by atoms with van der Waals surface area (Å²) in [7, 11) is 0. The molecule has 1 aromatic heterocycles. The molecule has 4 rings (SSSR count). The number of hydrogen-bond acceptors (Lipinski definition) is 3. The number of pyridine rings is 1. The summed E-state index contributed by atoms with van der Waals surface area (Å²) in [5.41, 5.74) is 0.714. The van der Waals surface area contributed by atoms with Crippen LogP contribution < -0.4 is 0 Å². The van der Waals surface area contributed by atoms with Gasteiger partial charge >= 0.3 is 0 Å². The Morgan fingerprint density at radius 2 is 2.00 bits per heavy atom. The summed E-state index contributed by atoms with van der Waals surface area (Å²) in [5, 5.41) is 0. The number of amides is 2.